The molecule has 5 nitrogen and oxygen atoms in total. The first-order chi connectivity index (χ1) is 14.1. The van der Waals surface area contributed by atoms with Crippen LogP contribution < -0.4 is 15.4 Å². The van der Waals surface area contributed by atoms with Crippen molar-refractivity contribution in [3.8, 4) is 5.75 Å². The highest BCUT2D eigenvalue weighted by Gasteiger charge is 2.18. The minimum atomic E-state index is -0.211. The van der Waals surface area contributed by atoms with E-state index >= 15 is 0 Å². The van der Waals surface area contributed by atoms with Gasteiger partial charge < -0.3 is 20.1 Å². The van der Waals surface area contributed by atoms with Gasteiger partial charge in [0.15, 0.2) is 5.96 Å². The van der Waals surface area contributed by atoms with Crippen LogP contribution in [0.2, 0.25) is 0 Å². The molecule has 0 spiro atoms. The summed E-state index contributed by atoms with van der Waals surface area (Å²) in [5.74, 6) is 1.42. The maximum absolute atomic E-state index is 13.0. The Labute approximate surface area is 172 Å². The highest BCUT2D eigenvalue weighted by Crippen LogP contribution is 2.24. The van der Waals surface area contributed by atoms with E-state index in [-0.39, 0.29) is 11.9 Å². The van der Waals surface area contributed by atoms with Crippen LogP contribution in [0.4, 0.5) is 4.39 Å². The molecule has 6 heteroatoms. The molecule has 1 atom stereocenters. The second-order valence-electron chi connectivity index (χ2n) is 7.21. The monoisotopic (exact) mass is 399 g/mol. The van der Waals surface area contributed by atoms with Crippen LogP contribution in [-0.4, -0.2) is 38.4 Å². The molecule has 0 bridgehead atoms. The summed E-state index contributed by atoms with van der Waals surface area (Å²) >= 11 is 0. The Balaban J connectivity index is 1.60. The van der Waals surface area contributed by atoms with Gasteiger partial charge in [-0.25, -0.2) is 9.38 Å². The standard InChI is InChI=1S/C23H30FN3O2/c1-3-25-23(26-12-10-18-5-8-20(24)9-6-18)27-15-19-7-4-17(2)14-22(19)29-21-11-13-28-16-21/h4-9,14,21H,3,10-13,15-16H2,1-2H3,(H2,25,26,27). The molecule has 1 aliphatic rings. The average Bonchev–Trinajstić information content (AvgIpc) is 3.22. The van der Waals surface area contributed by atoms with E-state index in [0.717, 1.165) is 54.4 Å². The number of guanidine groups is 1. The molecular formula is C23H30FN3O2. The summed E-state index contributed by atoms with van der Waals surface area (Å²) in [6.07, 6.45) is 1.83. The number of hydrogen-bond donors (Lipinski definition) is 2. The molecule has 29 heavy (non-hydrogen) atoms. The summed E-state index contributed by atoms with van der Waals surface area (Å²) in [5, 5.41) is 6.61. The van der Waals surface area contributed by atoms with E-state index in [2.05, 4.69) is 35.8 Å². The number of rotatable bonds is 8. The fraction of sp³-hybridized carbons (Fsp3) is 0.435. The van der Waals surface area contributed by atoms with E-state index in [9.17, 15) is 4.39 Å². The van der Waals surface area contributed by atoms with Gasteiger partial charge in [-0.1, -0.05) is 24.3 Å². The average molecular weight is 400 g/mol. The molecule has 0 aromatic heterocycles. The summed E-state index contributed by atoms with van der Waals surface area (Å²) in [5.41, 5.74) is 3.30. The van der Waals surface area contributed by atoms with Crippen LogP contribution in [-0.2, 0) is 17.7 Å². The van der Waals surface area contributed by atoms with Crippen molar-refractivity contribution in [2.24, 2.45) is 4.99 Å². The van der Waals surface area contributed by atoms with E-state index in [4.69, 9.17) is 14.5 Å². The van der Waals surface area contributed by atoms with Crippen LogP contribution in [0.3, 0.4) is 0 Å². The van der Waals surface area contributed by atoms with E-state index in [1.54, 1.807) is 0 Å². The Morgan fingerprint density at radius 2 is 2.03 bits per heavy atom. The molecule has 2 N–H and O–H groups in total. The molecule has 2 aromatic carbocycles. The van der Waals surface area contributed by atoms with Gasteiger partial charge in [0.2, 0.25) is 0 Å². The number of aryl methyl sites for hydroxylation is 1. The highest BCUT2D eigenvalue weighted by atomic mass is 19.1. The molecule has 0 aliphatic carbocycles. The lowest BCUT2D eigenvalue weighted by atomic mass is 10.1. The lowest BCUT2D eigenvalue weighted by Crippen LogP contribution is -2.38. The summed E-state index contributed by atoms with van der Waals surface area (Å²) < 4.78 is 24.6. The topological polar surface area (TPSA) is 54.9 Å². The first-order valence-corrected chi connectivity index (χ1v) is 10.2. The fourth-order valence-electron chi connectivity index (χ4n) is 3.17. The molecule has 0 saturated carbocycles. The molecule has 2 aromatic rings. The van der Waals surface area contributed by atoms with Gasteiger partial charge in [0.1, 0.15) is 17.7 Å². The van der Waals surface area contributed by atoms with E-state index in [1.165, 1.54) is 12.1 Å². The van der Waals surface area contributed by atoms with Gasteiger partial charge in [0.05, 0.1) is 19.8 Å². The number of nitrogens with one attached hydrogen (secondary N) is 2. The van der Waals surface area contributed by atoms with E-state index < -0.39 is 0 Å². The molecule has 1 saturated heterocycles. The van der Waals surface area contributed by atoms with Crippen molar-refractivity contribution >= 4 is 5.96 Å². The zero-order valence-electron chi connectivity index (χ0n) is 17.2. The first kappa shape index (κ1) is 21.1. The van der Waals surface area contributed by atoms with Gasteiger partial charge in [-0.2, -0.15) is 0 Å². The number of halogens is 1. The van der Waals surface area contributed by atoms with Gasteiger partial charge >= 0.3 is 0 Å². The summed E-state index contributed by atoms with van der Waals surface area (Å²) in [6, 6.07) is 12.8. The third kappa shape index (κ3) is 6.75. The molecule has 3 rings (SSSR count). The molecule has 1 fully saturated rings. The maximum atomic E-state index is 13.0. The van der Waals surface area contributed by atoms with Crippen molar-refractivity contribution in [1.29, 1.82) is 0 Å². The largest absolute Gasteiger partial charge is 0.488 e. The Morgan fingerprint density at radius 3 is 2.76 bits per heavy atom. The van der Waals surface area contributed by atoms with Gasteiger partial charge in [0.25, 0.3) is 0 Å². The highest BCUT2D eigenvalue weighted by molar-refractivity contribution is 5.79. The molecule has 1 unspecified atom stereocenters. The Morgan fingerprint density at radius 1 is 1.21 bits per heavy atom. The smallest absolute Gasteiger partial charge is 0.191 e. The van der Waals surface area contributed by atoms with E-state index in [1.807, 2.05) is 19.1 Å². The summed E-state index contributed by atoms with van der Waals surface area (Å²) in [6.45, 7) is 7.52. The van der Waals surface area contributed by atoms with Gasteiger partial charge in [0, 0.05) is 25.1 Å². The zero-order valence-corrected chi connectivity index (χ0v) is 17.2. The predicted octanol–water partition coefficient (Wildman–Crippen LogP) is 3.60. The molecule has 1 heterocycles. The minimum Gasteiger partial charge on any atom is -0.488 e. The van der Waals surface area contributed by atoms with Crippen molar-refractivity contribution in [2.45, 2.75) is 39.3 Å². The number of aliphatic imine (C=N–C) groups is 1. The Kier molecular flexibility index (Phi) is 7.87. The molecule has 156 valence electrons. The van der Waals surface area contributed by atoms with Crippen molar-refractivity contribution < 1.29 is 13.9 Å². The predicted molar refractivity (Wildman–Crippen MR) is 114 cm³/mol. The van der Waals surface area contributed by atoms with Crippen LogP contribution in [0.1, 0.15) is 30.0 Å². The second kappa shape index (κ2) is 10.8. The summed E-state index contributed by atoms with van der Waals surface area (Å²) in [4.78, 5) is 4.72. The maximum Gasteiger partial charge on any atom is 0.191 e. The number of hydrogen-bond acceptors (Lipinski definition) is 3. The normalized spacial score (nSPS) is 16.7. The zero-order chi connectivity index (χ0) is 20.5. The van der Waals surface area contributed by atoms with Gasteiger partial charge in [-0.3, -0.25) is 0 Å². The number of benzene rings is 2. The molecular weight excluding hydrogens is 369 g/mol. The second-order valence-corrected chi connectivity index (χ2v) is 7.21. The third-order valence-corrected chi connectivity index (χ3v) is 4.78. The quantitative estimate of drug-likeness (QED) is 0.526. The number of nitrogens with zero attached hydrogens (tertiary/aromatic N) is 1. The number of ether oxygens (including phenoxy) is 2. The van der Waals surface area contributed by atoms with Crippen molar-refractivity contribution in [3.63, 3.8) is 0 Å². The van der Waals surface area contributed by atoms with Crippen molar-refractivity contribution in [3.05, 3.63) is 65.0 Å². The fourth-order valence-corrected chi connectivity index (χ4v) is 3.17. The minimum absolute atomic E-state index is 0.113. The lowest BCUT2D eigenvalue weighted by Gasteiger charge is -2.16. The summed E-state index contributed by atoms with van der Waals surface area (Å²) in [7, 11) is 0. The SMILES string of the molecule is CCNC(=NCc1ccc(C)cc1OC1CCOC1)NCCc1ccc(F)cc1. The Hall–Kier alpha value is -2.60. The van der Waals surface area contributed by atoms with Crippen molar-refractivity contribution in [1.82, 2.24) is 10.6 Å². The lowest BCUT2D eigenvalue weighted by molar-refractivity contribution is 0.140. The van der Waals surface area contributed by atoms with Crippen LogP contribution in [0.15, 0.2) is 47.5 Å². The Bertz CT molecular complexity index is 802. The van der Waals surface area contributed by atoms with Crippen LogP contribution in [0.25, 0.3) is 0 Å². The van der Waals surface area contributed by atoms with Crippen molar-refractivity contribution in [2.75, 3.05) is 26.3 Å². The van der Waals surface area contributed by atoms with Crippen LogP contribution in [0.5, 0.6) is 5.75 Å². The third-order valence-electron chi connectivity index (χ3n) is 4.78. The van der Waals surface area contributed by atoms with Crippen LogP contribution >= 0.6 is 0 Å². The van der Waals surface area contributed by atoms with Gasteiger partial charge in [-0.05, 0) is 49.6 Å². The van der Waals surface area contributed by atoms with E-state index in [0.29, 0.717) is 19.7 Å². The van der Waals surface area contributed by atoms with Crippen LogP contribution in [0, 0.1) is 12.7 Å². The molecule has 0 amide bonds. The molecule has 1 aliphatic heterocycles. The van der Waals surface area contributed by atoms with Gasteiger partial charge in [-0.15, -0.1) is 0 Å². The first-order valence-electron chi connectivity index (χ1n) is 10.2. The molecule has 0 radical (unpaired) electrons.